The Kier molecular flexibility index (Phi) is 67.7. The fourth-order valence-electron chi connectivity index (χ4n) is 11.7. The predicted octanol–water partition coefficient (Wildman–Crippen LogP) is 22.5. The standard InChI is InChI=1S/C76H148O17P2/c1-6-9-12-15-18-21-23-24-25-26-27-28-29-34-37-42-47-52-57-62-76(81)93-72(66-87-74(79)60-55-50-45-41-36-33-31-30-32-35-39-43-48-53-58-69(4)5)68-91-95(84,85)89-64-70(77)63-88-94(82,83)90-67-71(65-86-73(78)59-54-49-44-38-20-17-14-11-8-3)92-75(80)61-56-51-46-40-22-19-16-13-10-7-2/h69-72,77H,6-68H2,1-5H3,(H,82,83)(H,84,85)/t70-,71+,72+/m0/s1. The number of carbonyl (C=O) groups excluding carboxylic acids is 4. The molecule has 2 unspecified atom stereocenters. The van der Waals surface area contributed by atoms with Gasteiger partial charge in [0, 0.05) is 25.7 Å². The van der Waals surface area contributed by atoms with E-state index in [-0.39, 0.29) is 25.7 Å². The van der Waals surface area contributed by atoms with Crippen molar-refractivity contribution < 1.29 is 80.2 Å². The number of aliphatic hydroxyl groups excluding tert-OH is 1. The van der Waals surface area contributed by atoms with Gasteiger partial charge in [-0.2, -0.15) is 0 Å². The van der Waals surface area contributed by atoms with E-state index in [2.05, 4.69) is 34.6 Å². The Morgan fingerprint density at radius 3 is 0.716 bits per heavy atom. The van der Waals surface area contributed by atoms with E-state index in [1.165, 1.54) is 225 Å². The van der Waals surface area contributed by atoms with Crippen LogP contribution in [-0.2, 0) is 65.4 Å². The summed E-state index contributed by atoms with van der Waals surface area (Å²) >= 11 is 0. The van der Waals surface area contributed by atoms with Crippen molar-refractivity contribution in [2.24, 2.45) is 5.92 Å². The molecule has 0 spiro atoms. The van der Waals surface area contributed by atoms with Gasteiger partial charge in [0.15, 0.2) is 12.2 Å². The van der Waals surface area contributed by atoms with Crippen molar-refractivity contribution in [2.75, 3.05) is 39.6 Å². The Morgan fingerprint density at radius 2 is 0.484 bits per heavy atom. The monoisotopic (exact) mass is 1400 g/mol. The second kappa shape index (κ2) is 69.2. The summed E-state index contributed by atoms with van der Waals surface area (Å²) in [6, 6.07) is 0. The van der Waals surface area contributed by atoms with E-state index in [0.717, 1.165) is 95.8 Å². The molecule has 0 saturated heterocycles. The summed E-state index contributed by atoms with van der Waals surface area (Å²) < 4.78 is 68.4. The fraction of sp³-hybridized carbons (Fsp3) is 0.947. The number of carbonyl (C=O) groups is 4. The summed E-state index contributed by atoms with van der Waals surface area (Å²) in [5.41, 5.74) is 0. The zero-order valence-electron chi connectivity index (χ0n) is 61.8. The number of ether oxygens (including phenoxy) is 4. The van der Waals surface area contributed by atoms with Crippen molar-refractivity contribution >= 4 is 39.5 Å². The molecule has 0 aliphatic heterocycles. The molecule has 0 saturated carbocycles. The van der Waals surface area contributed by atoms with Crippen molar-refractivity contribution in [1.82, 2.24) is 0 Å². The summed E-state index contributed by atoms with van der Waals surface area (Å²) in [6.45, 7) is 7.29. The zero-order chi connectivity index (χ0) is 69.8. The van der Waals surface area contributed by atoms with Crippen LogP contribution in [0.3, 0.4) is 0 Å². The van der Waals surface area contributed by atoms with Crippen molar-refractivity contribution in [1.29, 1.82) is 0 Å². The quantitative estimate of drug-likeness (QED) is 0.0222. The van der Waals surface area contributed by atoms with Gasteiger partial charge in [0.05, 0.1) is 26.4 Å². The summed E-state index contributed by atoms with van der Waals surface area (Å²) in [5, 5.41) is 10.6. The van der Waals surface area contributed by atoms with Gasteiger partial charge in [-0.1, -0.05) is 349 Å². The van der Waals surface area contributed by atoms with Gasteiger partial charge in [0.2, 0.25) is 0 Å². The van der Waals surface area contributed by atoms with Gasteiger partial charge < -0.3 is 33.8 Å². The fourth-order valence-corrected chi connectivity index (χ4v) is 13.3. The van der Waals surface area contributed by atoms with Crippen LogP contribution in [0.25, 0.3) is 0 Å². The molecular formula is C76H148O17P2. The second-order valence-electron chi connectivity index (χ2n) is 27.9. The lowest BCUT2D eigenvalue weighted by Gasteiger charge is -2.21. The molecular weight excluding hydrogens is 1250 g/mol. The van der Waals surface area contributed by atoms with E-state index in [1.807, 2.05) is 0 Å². The topological polar surface area (TPSA) is 237 Å². The Balaban J connectivity index is 5.19. The lowest BCUT2D eigenvalue weighted by Crippen LogP contribution is -2.30. The first-order valence-corrected chi connectivity index (χ1v) is 42.6. The van der Waals surface area contributed by atoms with Gasteiger partial charge in [0.25, 0.3) is 0 Å². The van der Waals surface area contributed by atoms with E-state index in [0.29, 0.717) is 25.7 Å². The van der Waals surface area contributed by atoms with Crippen LogP contribution in [0.15, 0.2) is 0 Å². The van der Waals surface area contributed by atoms with E-state index < -0.39 is 97.5 Å². The molecule has 17 nitrogen and oxygen atoms in total. The third-order valence-electron chi connectivity index (χ3n) is 17.8. The van der Waals surface area contributed by atoms with Gasteiger partial charge in [-0.25, -0.2) is 9.13 Å². The van der Waals surface area contributed by atoms with Crippen LogP contribution in [0.4, 0.5) is 0 Å². The molecule has 0 heterocycles. The third kappa shape index (κ3) is 70.3. The first-order valence-electron chi connectivity index (χ1n) is 39.6. The lowest BCUT2D eigenvalue weighted by molar-refractivity contribution is -0.161. The van der Waals surface area contributed by atoms with E-state index in [4.69, 9.17) is 37.0 Å². The van der Waals surface area contributed by atoms with E-state index in [9.17, 15) is 43.2 Å². The van der Waals surface area contributed by atoms with Crippen LogP contribution in [0.5, 0.6) is 0 Å². The minimum atomic E-state index is -4.96. The number of phosphoric ester groups is 2. The Morgan fingerprint density at radius 1 is 0.284 bits per heavy atom. The van der Waals surface area contributed by atoms with Gasteiger partial charge in [-0.15, -0.1) is 0 Å². The van der Waals surface area contributed by atoms with Crippen LogP contribution < -0.4 is 0 Å². The molecule has 5 atom stereocenters. The highest BCUT2D eigenvalue weighted by atomic mass is 31.2. The first kappa shape index (κ1) is 93.1. The van der Waals surface area contributed by atoms with Crippen molar-refractivity contribution in [3.05, 3.63) is 0 Å². The maximum atomic E-state index is 13.1. The molecule has 0 bridgehead atoms. The zero-order valence-corrected chi connectivity index (χ0v) is 63.6. The minimum Gasteiger partial charge on any atom is -0.462 e. The van der Waals surface area contributed by atoms with Gasteiger partial charge in [0.1, 0.15) is 19.3 Å². The summed E-state index contributed by atoms with van der Waals surface area (Å²) in [4.78, 5) is 72.7. The molecule has 0 aromatic heterocycles. The smallest absolute Gasteiger partial charge is 0.462 e. The molecule has 0 aromatic rings. The van der Waals surface area contributed by atoms with Crippen molar-refractivity contribution in [2.45, 2.75) is 419 Å². The number of phosphoric acid groups is 2. The molecule has 0 radical (unpaired) electrons. The normalized spacial score (nSPS) is 13.9. The Bertz CT molecular complexity index is 1820. The van der Waals surface area contributed by atoms with Gasteiger partial charge in [-0.05, 0) is 31.6 Å². The predicted molar refractivity (Wildman–Crippen MR) is 386 cm³/mol. The highest BCUT2D eigenvalue weighted by Gasteiger charge is 2.30. The summed E-state index contributed by atoms with van der Waals surface area (Å²) in [7, 11) is -9.90. The SMILES string of the molecule is CCCCCCCCCCCCCCCCCCCCCC(=O)O[C@H](COC(=O)CCCCCCCCCCCCCCCCC(C)C)COP(=O)(O)OC[C@@H](O)COP(=O)(O)OC[C@@H](COC(=O)CCCCCCCCCCC)OC(=O)CCCCCCCCCCCC. The van der Waals surface area contributed by atoms with Gasteiger partial charge >= 0.3 is 39.5 Å². The number of hydrogen-bond acceptors (Lipinski definition) is 15. The average Bonchev–Trinajstić information content (AvgIpc) is 3.43. The minimum absolute atomic E-state index is 0.107. The largest absolute Gasteiger partial charge is 0.472 e. The maximum Gasteiger partial charge on any atom is 0.472 e. The molecule has 95 heavy (non-hydrogen) atoms. The highest BCUT2D eigenvalue weighted by molar-refractivity contribution is 7.47. The van der Waals surface area contributed by atoms with E-state index >= 15 is 0 Å². The van der Waals surface area contributed by atoms with Crippen LogP contribution in [0, 0.1) is 5.92 Å². The Hall–Kier alpha value is -1.94. The summed E-state index contributed by atoms with van der Waals surface area (Å²) in [6.07, 6.45) is 58.3. The molecule has 0 aliphatic carbocycles. The first-order chi connectivity index (χ1) is 46.0. The van der Waals surface area contributed by atoms with Crippen molar-refractivity contribution in [3.8, 4) is 0 Å². The number of rotatable bonds is 76. The molecule has 0 fully saturated rings. The number of hydrogen-bond donors (Lipinski definition) is 3. The average molecular weight is 1400 g/mol. The number of aliphatic hydroxyl groups is 1. The molecule has 0 aliphatic rings. The molecule has 3 N–H and O–H groups in total. The summed E-state index contributed by atoms with van der Waals surface area (Å²) in [5.74, 6) is -1.32. The number of esters is 4. The van der Waals surface area contributed by atoms with Crippen LogP contribution >= 0.6 is 15.6 Å². The number of unbranched alkanes of at least 4 members (excludes halogenated alkanes) is 48. The molecule has 0 amide bonds. The van der Waals surface area contributed by atoms with Gasteiger partial charge in [-0.3, -0.25) is 37.3 Å². The maximum absolute atomic E-state index is 13.1. The molecule has 0 rings (SSSR count). The Labute approximate surface area is 581 Å². The van der Waals surface area contributed by atoms with Crippen LogP contribution in [-0.4, -0.2) is 96.7 Å². The van der Waals surface area contributed by atoms with Crippen LogP contribution in [0.2, 0.25) is 0 Å². The van der Waals surface area contributed by atoms with Crippen molar-refractivity contribution in [3.63, 3.8) is 0 Å². The lowest BCUT2D eigenvalue weighted by atomic mass is 10.0. The van der Waals surface area contributed by atoms with Crippen LogP contribution in [0.1, 0.15) is 401 Å². The second-order valence-corrected chi connectivity index (χ2v) is 30.8. The molecule has 564 valence electrons. The molecule has 19 heteroatoms. The molecule has 0 aromatic carbocycles. The third-order valence-corrected chi connectivity index (χ3v) is 19.7. The van der Waals surface area contributed by atoms with E-state index in [1.54, 1.807) is 0 Å². The highest BCUT2D eigenvalue weighted by Crippen LogP contribution is 2.45.